The number of alkyl halides is 1. The van der Waals surface area contributed by atoms with Crippen LogP contribution < -0.4 is 0 Å². The van der Waals surface area contributed by atoms with Gasteiger partial charge in [-0.05, 0) is 19.3 Å². The van der Waals surface area contributed by atoms with E-state index in [9.17, 15) is 0 Å². The van der Waals surface area contributed by atoms with Gasteiger partial charge in [-0.15, -0.1) is 22.9 Å². The first-order valence-electron chi connectivity index (χ1n) is 4.43. The van der Waals surface area contributed by atoms with Crippen molar-refractivity contribution in [2.45, 2.75) is 25.1 Å². The Balaban J connectivity index is 2.36. The molecule has 2 aromatic heterocycles. The van der Waals surface area contributed by atoms with Crippen LogP contribution in [-0.2, 0) is 18.7 Å². The molecule has 3 rings (SSSR count). The number of aromatic nitrogens is 2. The Hall–Kier alpha value is -0.540. The van der Waals surface area contributed by atoms with Gasteiger partial charge in [-0.3, -0.25) is 4.40 Å². The van der Waals surface area contributed by atoms with Gasteiger partial charge in [0.25, 0.3) is 0 Å². The van der Waals surface area contributed by atoms with Crippen molar-refractivity contribution in [2.24, 2.45) is 0 Å². The quantitative estimate of drug-likeness (QED) is 0.665. The Morgan fingerprint density at radius 1 is 1.54 bits per heavy atom. The molecule has 0 unspecified atom stereocenters. The van der Waals surface area contributed by atoms with Gasteiger partial charge in [0.2, 0.25) is 0 Å². The second-order valence-electron chi connectivity index (χ2n) is 3.33. The first-order chi connectivity index (χ1) is 6.40. The highest BCUT2D eigenvalue weighted by Gasteiger charge is 2.19. The lowest BCUT2D eigenvalue weighted by Crippen LogP contribution is -1.92. The lowest BCUT2D eigenvalue weighted by atomic mass is 10.3. The van der Waals surface area contributed by atoms with Gasteiger partial charge in [0, 0.05) is 10.6 Å². The molecule has 0 bridgehead atoms. The molecule has 0 spiro atoms. The number of rotatable bonds is 1. The van der Waals surface area contributed by atoms with Crippen LogP contribution in [0.3, 0.4) is 0 Å². The van der Waals surface area contributed by atoms with E-state index in [0.717, 1.165) is 10.7 Å². The molecular formula is C9H9ClN2S. The van der Waals surface area contributed by atoms with Gasteiger partial charge in [0.15, 0.2) is 4.96 Å². The Bertz CT molecular complexity index is 457. The maximum Gasteiger partial charge on any atom is 0.194 e. The molecule has 0 atom stereocenters. The van der Waals surface area contributed by atoms with Gasteiger partial charge >= 0.3 is 0 Å². The van der Waals surface area contributed by atoms with Crippen LogP contribution in [0.2, 0.25) is 0 Å². The van der Waals surface area contributed by atoms with E-state index in [-0.39, 0.29) is 0 Å². The van der Waals surface area contributed by atoms with E-state index < -0.39 is 0 Å². The van der Waals surface area contributed by atoms with Crippen LogP contribution in [0.5, 0.6) is 0 Å². The van der Waals surface area contributed by atoms with Crippen LogP contribution in [-0.4, -0.2) is 9.38 Å². The van der Waals surface area contributed by atoms with E-state index in [4.69, 9.17) is 11.6 Å². The van der Waals surface area contributed by atoms with Gasteiger partial charge in [0.05, 0.1) is 17.8 Å². The Morgan fingerprint density at radius 3 is 3.31 bits per heavy atom. The number of nitrogens with zero attached hydrogens (tertiary/aromatic N) is 2. The Labute approximate surface area is 85.2 Å². The normalized spacial score (nSPS) is 15.5. The van der Waals surface area contributed by atoms with Crippen molar-refractivity contribution >= 4 is 27.9 Å². The molecular weight excluding hydrogens is 204 g/mol. The number of hydrogen-bond donors (Lipinski definition) is 0. The molecule has 0 fully saturated rings. The van der Waals surface area contributed by atoms with E-state index >= 15 is 0 Å². The minimum atomic E-state index is 0.560. The summed E-state index contributed by atoms with van der Waals surface area (Å²) in [5.74, 6) is 0.560. The minimum Gasteiger partial charge on any atom is -0.290 e. The summed E-state index contributed by atoms with van der Waals surface area (Å²) in [6.45, 7) is 0. The monoisotopic (exact) mass is 212 g/mol. The SMILES string of the molecule is ClCc1cnc2sc3c(n12)CCC3. The number of thiazole rings is 1. The largest absolute Gasteiger partial charge is 0.290 e. The van der Waals surface area contributed by atoms with Gasteiger partial charge < -0.3 is 0 Å². The van der Waals surface area contributed by atoms with Crippen molar-refractivity contribution in [2.75, 3.05) is 0 Å². The number of aryl methyl sites for hydroxylation is 2. The molecule has 0 saturated heterocycles. The van der Waals surface area contributed by atoms with Gasteiger partial charge in [-0.25, -0.2) is 4.98 Å². The minimum absolute atomic E-state index is 0.560. The summed E-state index contributed by atoms with van der Waals surface area (Å²) < 4.78 is 2.24. The summed E-state index contributed by atoms with van der Waals surface area (Å²) >= 11 is 7.67. The van der Waals surface area contributed by atoms with Crippen LogP contribution in [0.4, 0.5) is 0 Å². The summed E-state index contributed by atoms with van der Waals surface area (Å²) in [4.78, 5) is 6.97. The first-order valence-corrected chi connectivity index (χ1v) is 5.78. The maximum atomic E-state index is 5.85. The number of halogens is 1. The van der Waals surface area contributed by atoms with Crippen LogP contribution >= 0.6 is 22.9 Å². The molecule has 0 saturated carbocycles. The fraction of sp³-hybridized carbons (Fsp3) is 0.444. The molecule has 13 heavy (non-hydrogen) atoms. The number of hydrogen-bond acceptors (Lipinski definition) is 2. The third kappa shape index (κ3) is 0.973. The highest BCUT2D eigenvalue weighted by Crippen LogP contribution is 2.31. The van der Waals surface area contributed by atoms with Crippen molar-refractivity contribution in [1.29, 1.82) is 0 Å². The van der Waals surface area contributed by atoms with Crippen molar-refractivity contribution < 1.29 is 0 Å². The van der Waals surface area contributed by atoms with Crippen LogP contribution in [0.25, 0.3) is 4.96 Å². The van der Waals surface area contributed by atoms with Crippen molar-refractivity contribution in [3.63, 3.8) is 0 Å². The molecule has 0 amide bonds. The number of fused-ring (bicyclic) bond motifs is 3. The summed E-state index contributed by atoms with van der Waals surface area (Å²) in [7, 11) is 0. The second kappa shape index (κ2) is 2.72. The van der Waals surface area contributed by atoms with E-state index in [1.54, 1.807) is 0 Å². The zero-order chi connectivity index (χ0) is 8.84. The molecule has 1 aliphatic carbocycles. The fourth-order valence-corrected chi connectivity index (χ4v) is 3.37. The third-order valence-corrected chi connectivity index (χ3v) is 3.99. The number of imidazole rings is 1. The Kier molecular flexibility index (Phi) is 1.64. The van der Waals surface area contributed by atoms with Crippen molar-refractivity contribution in [3.05, 3.63) is 22.5 Å². The van der Waals surface area contributed by atoms with E-state index in [1.807, 2.05) is 17.5 Å². The van der Waals surface area contributed by atoms with Gasteiger partial charge in [-0.2, -0.15) is 0 Å². The van der Waals surface area contributed by atoms with Crippen molar-refractivity contribution in [1.82, 2.24) is 9.38 Å². The van der Waals surface area contributed by atoms with E-state index in [1.165, 1.54) is 29.8 Å². The molecule has 2 aromatic rings. The summed E-state index contributed by atoms with van der Waals surface area (Å²) in [5.41, 5.74) is 2.59. The summed E-state index contributed by atoms with van der Waals surface area (Å²) in [5, 5.41) is 0. The van der Waals surface area contributed by atoms with E-state index in [2.05, 4.69) is 9.38 Å². The predicted octanol–water partition coefficient (Wildman–Crippen LogP) is 2.62. The fourth-order valence-electron chi connectivity index (χ4n) is 1.98. The smallest absolute Gasteiger partial charge is 0.194 e. The average molecular weight is 213 g/mol. The highest BCUT2D eigenvalue weighted by molar-refractivity contribution is 7.17. The first kappa shape index (κ1) is 7.83. The van der Waals surface area contributed by atoms with Crippen LogP contribution in [0.1, 0.15) is 22.7 Å². The topological polar surface area (TPSA) is 17.3 Å². The lowest BCUT2D eigenvalue weighted by molar-refractivity contribution is 0.880. The standard InChI is InChI=1S/C9H9ClN2S/c10-4-6-5-11-9-12(6)7-2-1-3-8(7)13-9/h5H,1-4H2. The summed E-state index contributed by atoms with van der Waals surface area (Å²) in [6, 6.07) is 0. The molecule has 0 aromatic carbocycles. The maximum absolute atomic E-state index is 5.85. The van der Waals surface area contributed by atoms with Crippen molar-refractivity contribution in [3.8, 4) is 0 Å². The van der Waals surface area contributed by atoms with Gasteiger partial charge in [0.1, 0.15) is 0 Å². The summed E-state index contributed by atoms with van der Waals surface area (Å²) in [6.07, 6.45) is 5.59. The Morgan fingerprint density at radius 2 is 2.46 bits per heavy atom. The highest BCUT2D eigenvalue weighted by atomic mass is 35.5. The molecule has 0 radical (unpaired) electrons. The zero-order valence-corrected chi connectivity index (χ0v) is 8.66. The average Bonchev–Trinajstić information content (AvgIpc) is 2.72. The molecule has 0 N–H and O–H groups in total. The molecule has 2 nitrogen and oxygen atoms in total. The predicted molar refractivity (Wildman–Crippen MR) is 54.7 cm³/mol. The third-order valence-electron chi connectivity index (χ3n) is 2.56. The molecule has 2 heterocycles. The molecule has 1 aliphatic rings. The molecule has 0 aliphatic heterocycles. The molecule has 68 valence electrons. The van der Waals surface area contributed by atoms with Gasteiger partial charge in [-0.1, -0.05) is 0 Å². The molecule has 4 heteroatoms. The lowest BCUT2D eigenvalue weighted by Gasteiger charge is -1.96. The van der Waals surface area contributed by atoms with Crippen LogP contribution in [0.15, 0.2) is 6.20 Å². The second-order valence-corrected chi connectivity index (χ2v) is 4.66. The van der Waals surface area contributed by atoms with E-state index in [0.29, 0.717) is 5.88 Å². The zero-order valence-electron chi connectivity index (χ0n) is 7.09. The van der Waals surface area contributed by atoms with Crippen LogP contribution in [0, 0.1) is 0 Å².